The lowest BCUT2D eigenvalue weighted by molar-refractivity contribution is -0.118. The Morgan fingerprint density at radius 3 is 2.57 bits per heavy atom. The Balaban J connectivity index is 1.41. The molecular weight excluding hydrogens is 456 g/mol. The number of allylic oxidation sites excluding steroid dienone is 1. The molecule has 0 aliphatic rings. The molecule has 1 amide bonds. The fourth-order valence-corrected chi connectivity index (χ4v) is 5.38. The Morgan fingerprint density at radius 2 is 1.80 bits per heavy atom. The van der Waals surface area contributed by atoms with Crippen molar-refractivity contribution in [1.29, 1.82) is 0 Å². The molecule has 0 radical (unpaired) electrons. The SMILES string of the molecule is CC(/C=N\NC(=O)CSc1nnc(SCc2ccccc2Cl)s1)=C\c1ccccc1. The van der Waals surface area contributed by atoms with Crippen LogP contribution in [0.4, 0.5) is 0 Å². The predicted octanol–water partition coefficient (Wildman–Crippen LogP) is 5.78. The topological polar surface area (TPSA) is 67.2 Å². The van der Waals surface area contributed by atoms with Gasteiger partial charge in [-0.3, -0.25) is 4.79 Å². The van der Waals surface area contributed by atoms with Gasteiger partial charge in [0.15, 0.2) is 8.68 Å². The van der Waals surface area contributed by atoms with Crippen LogP contribution in [0.1, 0.15) is 18.1 Å². The highest BCUT2D eigenvalue weighted by Gasteiger charge is 2.09. The van der Waals surface area contributed by atoms with Gasteiger partial charge in [0.05, 0.1) is 12.0 Å². The molecule has 5 nitrogen and oxygen atoms in total. The van der Waals surface area contributed by atoms with Crippen molar-refractivity contribution in [2.24, 2.45) is 5.10 Å². The first kappa shape index (κ1) is 22.6. The van der Waals surface area contributed by atoms with E-state index in [1.807, 2.05) is 67.6 Å². The molecule has 9 heteroatoms. The van der Waals surface area contributed by atoms with Gasteiger partial charge < -0.3 is 0 Å². The van der Waals surface area contributed by atoms with Crippen molar-refractivity contribution in [2.75, 3.05) is 5.75 Å². The minimum Gasteiger partial charge on any atom is -0.272 e. The number of aromatic nitrogens is 2. The number of hydrogen-bond donors (Lipinski definition) is 1. The summed E-state index contributed by atoms with van der Waals surface area (Å²) in [5, 5.41) is 13.0. The lowest BCUT2D eigenvalue weighted by atomic mass is 10.1. The molecule has 0 saturated carbocycles. The van der Waals surface area contributed by atoms with Crippen LogP contribution in [0, 0.1) is 0 Å². The quantitative estimate of drug-likeness (QED) is 0.242. The van der Waals surface area contributed by atoms with Crippen LogP contribution in [-0.4, -0.2) is 28.1 Å². The van der Waals surface area contributed by atoms with E-state index in [0.29, 0.717) is 0 Å². The first-order valence-electron chi connectivity index (χ1n) is 8.98. The molecule has 0 saturated heterocycles. The fraction of sp³-hybridized carbons (Fsp3) is 0.143. The number of hydrogen-bond acceptors (Lipinski definition) is 7. The zero-order valence-corrected chi connectivity index (χ0v) is 19.3. The van der Waals surface area contributed by atoms with Crippen LogP contribution in [0.25, 0.3) is 6.08 Å². The third-order valence-electron chi connectivity index (χ3n) is 3.67. The summed E-state index contributed by atoms with van der Waals surface area (Å²) >= 11 is 10.6. The summed E-state index contributed by atoms with van der Waals surface area (Å²) in [6.07, 6.45) is 3.62. The summed E-state index contributed by atoms with van der Waals surface area (Å²) in [7, 11) is 0. The van der Waals surface area contributed by atoms with Gasteiger partial charge in [0.2, 0.25) is 0 Å². The highest BCUT2D eigenvalue weighted by molar-refractivity contribution is 8.03. The van der Waals surface area contributed by atoms with Crippen molar-refractivity contribution in [1.82, 2.24) is 15.6 Å². The average Bonchev–Trinajstić information content (AvgIpc) is 3.20. The monoisotopic (exact) mass is 474 g/mol. The highest BCUT2D eigenvalue weighted by Crippen LogP contribution is 2.32. The first-order chi connectivity index (χ1) is 14.6. The Kier molecular flexibility index (Phi) is 8.95. The van der Waals surface area contributed by atoms with Crippen LogP contribution >= 0.6 is 46.5 Å². The smallest absolute Gasteiger partial charge is 0.250 e. The Labute approximate surface area is 193 Å². The van der Waals surface area contributed by atoms with Crippen LogP contribution in [0.15, 0.2) is 74.0 Å². The third-order valence-corrected chi connectivity index (χ3v) is 7.28. The molecule has 2 aromatic carbocycles. The van der Waals surface area contributed by atoms with Gasteiger partial charge in [0.1, 0.15) is 0 Å². The fourth-order valence-electron chi connectivity index (χ4n) is 2.28. The van der Waals surface area contributed by atoms with E-state index >= 15 is 0 Å². The molecular formula is C21H19ClN4OS3. The third kappa shape index (κ3) is 7.60. The molecule has 1 aromatic heterocycles. The van der Waals surface area contributed by atoms with Crippen LogP contribution < -0.4 is 5.43 Å². The van der Waals surface area contributed by atoms with Gasteiger partial charge in [-0.1, -0.05) is 101 Å². The number of carbonyl (C=O) groups is 1. The number of halogens is 1. The van der Waals surface area contributed by atoms with Gasteiger partial charge >= 0.3 is 0 Å². The number of rotatable bonds is 9. The maximum Gasteiger partial charge on any atom is 0.250 e. The molecule has 30 heavy (non-hydrogen) atoms. The van der Waals surface area contributed by atoms with Gasteiger partial charge in [-0.25, -0.2) is 5.43 Å². The van der Waals surface area contributed by atoms with Gasteiger partial charge in [-0.05, 0) is 29.7 Å². The van der Waals surface area contributed by atoms with E-state index in [1.165, 1.54) is 23.1 Å². The second-order valence-corrected chi connectivity index (χ2v) is 9.92. The highest BCUT2D eigenvalue weighted by atomic mass is 35.5. The number of amides is 1. The Bertz CT molecular complexity index is 1040. The number of nitrogens with zero attached hydrogens (tertiary/aromatic N) is 3. The zero-order chi connectivity index (χ0) is 21.2. The van der Waals surface area contributed by atoms with Gasteiger partial charge in [-0.15, -0.1) is 10.2 Å². The van der Waals surface area contributed by atoms with E-state index in [2.05, 4.69) is 20.7 Å². The van der Waals surface area contributed by atoms with Gasteiger partial charge in [-0.2, -0.15) is 5.10 Å². The number of benzene rings is 2. The van der Waals surface area contributed by atoms with Crippen LogP contribution in [0.3, 0.4) is 0 Å². The Morgan fingerprint density at radius 1 is 1.10 bits per heavy atom. The van der Waals surface area contributed by atoms with Crippen LogP contribution in [0.5, 0.6) is 0 Å². The lowest BCUT2D eigenvalue weighted by Crippen LogP contribution is -2.19. The molecule has 1 N–H and O–H groups in total. The molecule has 1 heterocycles. The normalized spacial score (nSPS) is 11.7. The Hall–Kier alpha value is -2.13. The largest absolute Gasteiger partial charge is 0.272 e. The molecule has 3 rings (SSSR count). The molecule has 3 aromatic rings. The van der Waals surface area contributed by atoms with E-state index in [1.54, 1.807) is 18.0 Å². The summed E-state index contributed by atoms with van der Waals surface area (Å²) in [5.74, 6) is 0.760. The molecule has 0 unspecified atom stereocenters. The van der Waals surface area contributed by atoms with Crippen molar-refractivity contribution in [3.05, 3.63) is 76.3 Å². The van der Waals surface area contributed by atoms with E-state index in [9.17, 15) is 4.79 Å². The van der Waals surface area contributed by atoms with Crippen molar-refractivity contribution >= 4 is 64.7 Å². The molecule has 0 aliphatic heterocycles. The van der Waals surface area contributed by atoms with Gasteiger partial charge in [0, 0.05) is 10.8 Å². The average molecular weight is 475 g/mol. The van der Waals surface area contributed by atoms with Crippen LogP contribution in [-0.2, 0) is 10.5 Å². The van der Waals surface area contributed by atoms with E-state index in [4.69, 9.17) is 11.6 Å². The zero-order valence-electron chi connectivity index (χ0n) is 16.1. The summed E-state index contributed by atoms with van der Waals surface area (Å²) in [5.41, 5.74) is 5.62. The van der Waals surface area contributed by atoms with Crippen LogP contribution in [0.2, 0.25) is 5.02 Å². The minimum atomic E-state index is -0.191. The van der Waals surface area contributed by atoms with E-state index < -0.39 is 0 Å². The summed E-state index contributed by atoms with van der Waals surface area (Å²) in [4.78, 5) is 12.0. The molecule has 0 fully saturated rings. The number of carbonyl (C=O) groups excluding carboxylic acids is 1. The molecule has 0 aliphatic carbocycles. The van der Waals surface area contributed by atoms with Crippen molar-refractivity contribution in [3.63, 3.8) is 0 Å². The lowest BCUT2D eigenvalue weighted by Gasteiger charge is -2.00. The number of nitrogens with one attached hydrogen (secondary N) is 1. The standard InChI is InChI=1S/C21H19ClN4OS3/c1-15(11-16-7-3-2-4-8-16)12-23-24-19(27)14-29-21-26-25-20(30-21)28-13-17-9-5-6-10-18(17)22/h2-12H,13-14H2,1H3,(H,24,27)/b15-11+,23-12-. The van der Waals surface area contributed by atoms with Crippen molar-refractivity contribution < 1.29 is 4.79 Å². The number of thioether (sulfide) groups is 2. The van der Waals surface area contributed by atoms with Crippen molar-refractivity contribution in [2.45, 2.75) is 21.4 Å². The maximum atomic E-state index is 12.0. The molecule has 0 bridgehead atoms. The summed E-state index contributed by atoms with van der Waals surface area (Å²) < 4.78 is 1.59. The van der Waals surface area contributed by atoms with Gasteiger partial charge in [0.25, 0.3) is 5.91 Å². The summed E-state index contributed by atoms with van der Waals surface area (Å²) in [6, 6.07) is 17.7. The second-order valence-electron chi connectivity index (χ2n) is 6.09. The minimum absolute atomic E-state index is 0.191. The maximum absolute atomic E-state index is 12.0. The molecule has 0 spiro atoms. The predicted molar refractivity (Wildman–Crippen MR) is 128 cm³/mol. The molecule has 154 valence electrons. The first-order valence-corrected chi connectivity index (χ1v) is 12.1. The van der Waals surface area contributed by atoms with Crippen molar-refractivity contribution in [3.8, 4) is 0 Å². The second kappa shape index (κ2) is 11.9. The molecule has 0 atom stereocenters. The van der Waals surface area contributed by atoms with E-state index in [-0.39, 0.29) is 11.7 Å². The number of hydrazone groups is 1. The summed E-state index contributed by atoms with van der Waals surface area (Å²) in [6.45, 7) is 1.93. The van der Waals surface area contributed by atoms with E-state index in [0.717, 1.165) is 36.2 Å².